The Morgan fingerprint density at radius 3 is 1.03 bits per heavy atom. The third-order valence-electron chi connectivity index (χ3n) is 27.6. The van der Waals surface area contributed by atoms with Crippen LogP contribution in [0.1, 0.15) is 122 Å². The first-order chi connectivity index (χ1) is 57.0. The van der Waals surface area contributed by atoms with Crippen LogP contribution in [0.25, 0.3) is 90.0 Å². The van der Waals surface area contributed by atoms with Gasteiger partial charge in [0.1, 0.15) is 0 Å². The predicted molar refractivity (Wildman–Crippen MR) is 494 cm³/mol. The summed E-state index contributed by atoms with van der Waals surface area (Å²) >= 11 is 0. The highest BCUT2D eigenvalue weighted by Gasteiger charge is 2.54. The number of anilines is 8. The Balaban J connectivity index is 0.833. The molecule has 7 aliphatic carbocycles. The van der Waals surface area contributed by atoms with Crippen LogP contribution in [-0.2, 0) is 21.7 Å². The minimum absolute atomic E-state index is 0.209. The highest BCUT2D eigenvalue weighted by molar-refractivity contribution is 6.06. The van der Waals surface area contributed by atoms with Crippen molar-refractivity contribution in [2.75, 3.05) is 14.7 Å². The lowest BCUT2D eigenvalue weighted by Crippen LogP contribution is -2.29. The molecule has 0 N–H and O–H groups in total. The molecule has 3 nitrogen and oxygen atoms in total. The minimum atomic E-state index is -0.894. The quantitative estimate of drug-likeness (QED) is 0.101. The molecule has 5 unspecified atom stereocenters. The summed E-state index contributed by atoms with van der Waals surface area (Å²) in [4.78, 5) is 7.82. The number of rotatable bonds is 15. The van der Waals surface area contributed by atoms with Crippen LogP contribution in [0.4, 0.5) is 45.5 Å². The molecular weight excluding hydrogens is 1410 g/mol. The second-order valence-electron chi connectivity index (χ2n) is 34.9. The van der Waals surface area contributed by atoms with Crippen molar-refractivity contribution in [3.05, 3.63) is 444 Å². The van der Waals surface area contributed by atoms with Crippen LogP contribution < -0.4 is 14.7 Å². The van der Waals surface area contributed by atoms with E-state index in [2.05, 4.69) is 430 Å². The number of hydrogen-bond donors (Lipinski definition) is 0. The van der Waals surface area contributed by atoms with Crippen LogP contribution >= 0.6 is 0 Å². The topological polar surface area (TPSA) is 9.72 Å². The van der Waals surface area contributed by atoms with Crippen molar-refractivity contribution in [2.24, 2.45) is 23.7 Å². The Morgan fingerprint density at radius 1 is 0.274 bits per heavy atom. The molecule has 5 atom stereocenters. The first-order valence-corrected chi connectivity index (χ1v) is 41.7. The van der Waals surface area contributed by atoms with Crippen LogP contribution in [0.2, 0.25) is 0 Å². The summed E-state index contributed by atoms with van der Waals surface area (Å²) in [6.45, 7) is 31.6. The fourth-order valence-corrected chi connectivity index (χ4v) is 21.8. The zero-order valence-corrected chi connectivity index (χ0v) is 67.8. The van der Waals surface area contributed by atoms with Gasteiger partial charge in [0.2, 0.25) is 0 Å². The van der Waals surface area contributed by atoms with E-state index in [-0.39, 0.29) is 28.1 Å². The fraction of sp³-hybridized carbons (Fsp3) is 0.140. The molecule has 0 bridgehead atoms. The molecule has 0 aromatic heterocycles. The monoisotopic (exact) mass is 1500 g/mol. The molecule has 0 saturated heterocycles. The van der Waals surface area contributed by atoms with Crippen molar-refractivity contribution in [1.29, 1.82) is 0 Å². The number of nitrogens with zero attached hydrogens (tertiary/aromatic N) is 3. The van der Waals surface area contributed by atoms with Gasteiger partial charge < -0.3 is 14.7 Å². The molecule has 0 amide bonds. The zero-order chi connectivity index (χ0) is 79.5. The number of allylic oxidation sites excluding steroid dienone is 8. The maximum atomic E-state index is 4.16. The maximum absolute atomic E-state index is 4.16. The molecule has 0 saturated carbocycles. The largest absolute Gasteiger partial charge is 0.310 e. The van der Waals surface area contributed by atoms with Crippen molar-refractivity contribution in [2.45, 2.75) is 77.0 Å². The van der Waals surface area contributed by atoms with Gasteiger partial charge in [-0.05, 0) is 231 Å². The molecule has 0 aliphatic heterocycles. The van der Waals surface area contributed by atoms with Gasteiger partial charge >= 0.3 is 0 Å². The molecular formula is C114H93N3. The molecule has 1 spiro atoms. The normalized spacial score (nSPS) is 18.8. The Morgan fingerprint density at radius 2 is 0.607 bits per heavy atom. The Kier molecular flexibility index (Phi) is 16.4. The van der Waals surface area contributed by atoms with E-state index in [1.165, 1.54) is 123 Å². The Labute approximate surface area is 690 Å². The van der Waals surface area contributed by atoms with E-state index in [9.17, 15) is 0 Å². The standard InChI is InChI=1S/C114H93N3/c1-12-73-43-48-76(49-44-73)78-52-56-80(57-53-78)115(103-39-23-35-97-107(103)89-27-15-19-31-93(89)111(97,6)7)83-61-65-87-88-66-62-84(116(82-60-64-86(72(5)68-82)85-63-47-75(14-3)67-71(85)4)104-40-24-36-98-108(104)90-28-16-20-32-94(90)112(98,8)9)70-102(88)114(101(87)69-83)96-34-22-18-30-92(96)110-100(114)38-26-42-106(110)117(81-58-54-79(55-59-81)77-50-45-74(13-2)46-51-77)105-41-25-37-99-109(105)91-29-17-21-33-95(91)113(99,10)11/h12-72,85-86H,1-3H2,4-11H3. The van der Waals surface area contributed by atoms with Gasteiger partial charge in [-0.3, -0.25) is 0 Å². The predicted octanol–water partition coefficient (Wildman–Crippen LogP) is 30.3. The lowest BCUT2D eigenvalue weighted by atomic mass is 9.70. The van der Waals surface area contributed by atoms with E-state index < -0.39 is 5.41 Å². The Hall–Kier alpha value is -13.3. The van der Waals surface area contributed by atoms with Crippen molar-refractivity contribution < 1.29 is 0 Å². The van der Waals surface area contributed by atoms with Crippen LogP contribution in [0.5, 0.6) is 0 Å². The highest BCUT2D eigenvalue weighted by atomic mass is 15.2. The molecule has 14 aromatic rings. The van der Waals surface area contributed by atoms with E-state index in [0.29, 0.717) is 11.8 Å². The van der Waals surface area contributed by atoms with Gasteiger partial charge in [0.05, 0.1) is 28.2 Å². The summed E-state index contributed by atoms with van der Waals surface area (Å²) in [5, 5.41) is 0. The van der Waals surface area contributed by atoms with E-state index >= 15 is 0 Å². The third kappa shape index (κ3) is 10.6. The highest BCUT2D eigenvalue weighted by Crippen LogP contribution is 2.68. The van der Waals surface area contributed by atoms with Gasteiger partial charge in [0.25, 0.3) is 0 Å². The summed E-state index contributed by atoms with van der Waals surface area (Å²) in [5.74, 6) is 1.18. The molecule has 7 aliphatic rings. The fourth-order valence-electron chi connectivity index (χ4n) is 21.8. The van der Waals surface area contributed by atoms with Crippen molar-refractivity contribution in [3.63, 3.8) is 0 Å². The van der Waals surface area contributed by atoms with E-state index in [4.69, 9.17) is 0 Å². The number of benzene rings is 14. The average molecular weight is 1510 g/mol. The average Bonchev–Trinajstić information content (AvgIpc) is 1.50. The summed E-state index contributed by atoms with van der Waals surface area (Å²) in [7, 11) is 0. The van der Waals surface area contributed by atoms with Crippen LogP contribution in [0.15, 0.2) is 377 Å². The molecule has 14 aromatic carbocycles. The lowest BCUT2D eigenvalue weighted by Gasteiger charge is -2.37. The first kappa shape index (κ1) is 71.4. The molecule has 0 fully saturated rings. The third-order valence-corrected chi connectivity index (χ3v) is 27.6. The molecule has 3 heteroatoms. The lowest BCUT2D eigenvalue weighted by molar-refractivity contribution is 0.328. The molecule has 564 valence electrons. The van der Waals surface area contributed by atoms with Gasteiger partial charge in [0.15, 0.2) is 0 Å². The van der Waals surface area contributed by atoms with E-state index in [0.717, 1.165) is 78.9 Å². The minimum Gasteiger partial charge on any atom is -0.310 e. The molecule has 117 heavy (non-hydrogen) atoms. The zero-order valence-electron chi connectivity index (χ0n) is 67.8. The van der Waals surface area contributed by atoms with Crippen molar-refractivity contribution in [3.8, 4) is 77.9 Å². The number of hydrogen-bond acceptors (Lipinski definition) is 3. The second-order valence-corrected chi connectivity index (χ2v) is 34.9. The van der Waals surface area contributed by atoms with Gasteiger partial charge in [0, 0.05) is 66.9 Å². The summed E-state index contributed by atoms with van der Waals surface area (Å²) < 4.78 is 0. The van der Waals surface area contributed by atoms with E-state index in [1.54, 1.807) is 0 Å². The SMILES string of the molecule is C=CC1=CC(C)C(C2C=CC(N(c3ccc4c(c3)C3(c5cc(N(c6ccc(-c7ccc(C=C)cc7)cc6)c6cccc7c6-c6ccccc6C7(C)C)ccc5-4)c4ccccc4-c4c(N(c5ccc(-c6ccc(C=C)cc6)cc5)c5cccc6c5-c5ccccc5C6(C)C)cccc43)c3cccc4c3-c3ccccc3C4(C)C)=CC2C)C=C1. The van der Waals surface area contributed by atoms with Crippen molar-refractivity contribution in [1.82, 2.24) is 0 Å². The van der Waals surface area contributed by atoms with Gasteiger partial charge in [-0.25, -0.2) is 0 Å². The summed E-state index contributed by atoms with van der Waals surface area (Å²) in [5.41, 5.74) is 41.9. The smallest absolute Gasteiger partial charge is 0.0727 e. The van der Waals surface area contributed by atoms with Gasteiger partial charge in [-0.2, -0.15) is 0 Å². The van der Waals surface area contributed by atoms with Crippen molar-refractivity contribution >= 4 is 57.7 Å². The van der Waals surface area contributed by atoms with E-state index in [1.807, 2.05) is 18.2 Å². The second kappa shape index (κ2) is 26.9. The molecule has 0 heterocycles. The van der Waals surface area contributed by atoms with Crippen LogP contribution in [0.3, 0.4) is 0 Å². The summed E-state index contributed by atoms with van der Waals surface area (Å²) in [6, 6.07) is 116. The molecule has 21 rings (SSSR count). The molecule has 0 radical (unpaired) electrons. The summed E-state index contributed by atoms with van der Waals surface area (Å²) in [6.07, 6.45) is 20.5. The maximum Gasteiger partial charge on any atom is 0.0727 e. The van der Waals surface area contributed by atoms with Gasteiger partial charge in [-0.1, -0.05) is 354 Å². The number of fused-ring (bicyclic) bond motifs is 19. The van der Waals surface area contributed by atoms with Crippen LogP contribution in [-0.4, -0.2) is 0 Å². The van der Waals surface area contributed by atoms with Gasteiger partial charge in [-0.15, -0.1) is 0 Å². The van der Waals surface area contributed by atoms with Crippen LogP contribution in [0, 0.1) is 23.7 Å². The first-order valence-electron chi connectivity index (χ1n) is 41.7. The Bertz CT molecular complexity index is 6640.